The molecular formula is C10H9N5O4. The molecule has 0 fully saturated rings. The molecule has 0 spiro atoms. The maximum Gasteiger partial charge on any atom is 0.342 e. The molecular weight excluding hydrogens is 254 g/mol. The van der Waals surface area contributed by atoms with Crippen molar-refractivity contribution in [3.05, 3.63) is 40.3 Å². The van der Waals surface area contributed by atoms with E-state index < -0.39 is 22.1 Å². The monoisotopic (exact) mass is 263 g/mol. The fraction of sp³-hybridized carbons (Fsp3) is 0.100. The van der Waals surface area contributed by atoms with E-state index in [4.69, 9.17) is 5.11 Å². The second-order valence-corrected chi connectivity index (χ2v) is 3.68. The first-order chi connectivity index (χ1) is 8.97. The molecule has 0 atom stereocenters. The molecule has 0 aliphatic rings. The van der Waals surface area contributed by atoms with E-state index in [-0.39, 0.29) is 5.82 Å². The normalized spacial score (nSPS) is 10.2. The maximum atomic E-state index is 11.0. The molecule has 0 radical (unpaired) electrons. The molecule has 0 aliphatic heterocycles. The van der Waals surface area contributed by atoms with E-state index in [0.717, 1.165) is 12.3 Å². The van der Waals surface area contributed by atoms with Gasteiger partial charge in [-0.15, -0.1) is 0 Å². The van der Waals surface area contributed by atoms with Gasteiger partial charge in [0.15, 0.2) is 0 Å². The predicted octanol–water partition coefficient (Wildman–Crippen LogP) is 1.17. The Kier molecular flexibility index (Phi) is 3.10. The number of hydrogen-bond donors (Lipinski definition) is 2. The second-order valence-electron chi connectivity index (χ2n) is 3.68. The SMILES string of the molecule is Cn1cc(Nc2cc(C(=O)O)c([N+](=O)[O-])cn2)cn1. The first-order valence-corrected chi connectivity index (χ1v) is 5.11. The molecule has 2 aromatic rings. The summed E-state index contributed by atoms with van der Waals surface area (Å²) in [6, 6.07) is 1.10. The smallest absolute Gasteiger partial charge is 0.342 e. The van der Waals surface area contributed by atoms with E-state index in [1.54, 1.807) is 17.9 Å². The molecule has 2 rings (SSSR count). The van der Waals surface area contributed by atoms with Crippen molar-refractivity contribution in [2.24, 2.45) is 7.05 Å². The first-order valence-electron chi connectivity index (χ1n) is 5.11. The third-order valence-corrected chi connectivity index (χ3v) is 2.29. The molecule has 9 heteroatoms. The Labute approximate surface area is 106 Å². The number of carbonyl (C=O) groups is 1. The Bertz CT molecular complexity index is 651. The minimum absolute atomic E-state index is 0.191. The van der Waals surface area contributed by atoms with Gasteiger partial charge in [-0.3, -0.25) is 14.8 Å². The van der Waals surface area contributed by atoms with E-state index in [9.17, 15) is 14.9 Å². The van der Waals surface area contributed by atoms with Gasteiger partial charge in [0, 0.05) is 19.3 Å². The van der Waals surface area contributed by atoms with Gasteiger partial charge in [-0.25, -0.2) is 9.78 Å². The van der Waals surface area contributed by atoms with Crippen molar-refractivity contribution >= 4 is 23.2 Å². The predicted molar refractivity (Wildman–Crippen MR) is 64.3 cm³/mol. The molecule has 2 aromatic heterocycles. The lowest BCUT2D eigenvalue weighted by atomic mass is 10.2. The Morgan fingerprint density at radius 3 is 2.79 bits per heavy atom. The molecule has 19 heavy (non-hydrogen) atoms. The van der Waals surface area contributed by atoms with Crippen LogP contribution < -0.4 is 5.32 Å². The lowest BCUT2D eigenvalue weighted by Gasteiger charge is -2.03. The van der Waals surface area contributed by atoms with Crippen molar-refractivity contribution < 1.29 is 14.8 Å². The van der Waals surface area contributed by atoms with Crippen LogP contribution >= 0.6 is 0 Å². The highest BCUT2D eigenvalue weighted by molar-refractivity contribution is 5.93. The molecule has 0 aliphatic carbocycles. The summed E-state index contributed by atoms with van der Waals surface area (Å²) in [5.41, 5.74) is -0.379. The highest BCUT2D eigenvalue weighted by atomic mass is 16.6. The molecule has 0 saturated carbocycles. The van der Waals surface area contributed by atoms with Crippen LogP contribution in [0.5, 0.6) is 0 Å². The summed E-state index contributed by atoms with van der Waals surface area (Å²) < 4.78 is 1.55. The lowest BCUT2D eigenvalue weighted by molar-refractivity contribution is -0.385. The van der Waals surface area contributed by atoms with E-state index >= 15 is 0 Å². The maximum absolute atomic E-state index is 11.0. The summed E-state index contributed by atoms with van der Waals surface area (Å²) in [4.78, 5) is 24.6. The van der Waals surface area contributed by atoms with Crippen LogP contribution in [0.2, 0.25) is 0 Å². The molecule has 2 N–H and O–H groups in total. The first kappa shape index (κ1) is 12.5. The van der Waals surface area contributed by atoms with E-state index in [1.807, 2.05) is 0 Å². The number of hydrogen-bond acceptors (Lipinski definition) is 6. The lowest BCUT2D eigenvalue weighted by Crippen LogP contribution is -2.05. The van der Waals surface area contributed by atoms with Crippen LogP contribution in [-0.4, -0.2) is 30.8 Å². The zero-order valence-electron chi connectivity index (χ0n) is 9.77. The molecule has 98 valence electrons. The van der Waals surface area contributed by atoms with Crippen molar-refractivity contribution in [3.8, 4) is 0 Å². The Morgan fingerprint density at radius 2 is 2.26 bits per heavy atom. The van der Waals surface area contributed by atoms with Gasteiger partial charge in [-0.2, -0.15) is 5.10 Å². The quantitative estimate of drug-likeness (QED) is 0.626. The van der Waals surface area contributed by atoms with Crippen molar-refractivity contribution in [2.45, 2.75) is 0 Å². The minimum Gasteiger partial charge on any atom is -0.477 e. The number of pyridine rings is 1. The van der Waals surface area contributed by atoms with Crippen LogP contribution in [0, 0.1) is 10.1 Å². The molecule has 0 amide bonds. The number of nitrogens with zero attached hydrogens (tertiary/aromatic N) is 4. The van der Waals surface area contributed by atoms with Gasteiger partial charge in [-0.05, 0) is 0 Å². The molecule has 0 aromatic carbocycles. The van der Waals surface area contributed by atoms with Gasteiger partial charge in [-0.1, -0.05) is 0 Å². The fourth-order valence-corrected chi connectivity index (χ4v) is 1.47. The van der Waals surface area contributed by atoms with Crippen molar-refractivity contribution in [1.29, 1.82) is 0 Å². The van der Waals surface area contributed by atoms with Crippen LogP contribution in [0.3, 0.4) is 0 Å². The van der Waals surface area contributed by atoms with Crippen molar-refractivity contribution in [3.63, 3.8) is 0 Å². The summed E-state index contributed by atoms with van der Waals surface area (Å²) in [6.07, 6.45) is 4.08. The highest BCUT2D eigenvalue weighted by Crippen LogP contribution is 2.22. The highest BCUT2D eigenvalue weighted by Gasteiger charge is 2.21. The molecule has 0 unspecified atom stereocenters. The van der Waals surface area contributed by atoms with Gasteiger partial charge in [0.25, 0.3) is 0 Å². The second kappa shape index (κ2) is 4.72. The molecule has 0 bridgehead atoms. The van der Waals surface area contributed by atoms with Crippen LogP contribution in [-0.2, 0) is 7.05 Å². The molecule has 2 heterocycles. The van der Waals surface area contributed by atoms with E-state index in [0.29, 0.717) is 5.69 Å². The van der Waals surface area contributed by atoms with Gasteiger partial charge in [0.2, 0.25) is 0 Å². The number of nitro groups is 1. The standard InChI is InChI=1S/C10H9N5O4/c1-14-5-6(3-12-14)13-9-2-7(10(16)17)8(4-11-9)15(18)19/h2-5H,1H3,(H,11,13)(H,16,17). The number of aryl methyl sites for hydroxylation is 1. The number of nitrogens with one attached hydrogen (secondary N) is 1. The summed E-state index contributed by atoms with van der Waals surface area (Å²) in [5.74, 6) is -1.20. The Hall–Kier alpha value is -2.97. The van der Waals surface area contributed by atoms with Gasteiger partial charge in [0.1, 0.15) is 17.6 Å². The number of carboxylic acids is 1. The Balaban J connectivity index is 2.35. The molecule has 0 saturated heterocycles. The van der Waals surface area contributed by atoms with Gasteiger partial charge < -0.3 is 10.4 Å². The number of anilines is 2. The number of rotatable bonds is 4. The van der Waals surface area contributed by atoms with Crippen LogP contribution in [0.4, 0.5) is 17.2 Å². The fourth-order valence-electron chi connectivity index (χ4n) is 1.47. The van der Waals surface area contributed by atoms with Crippen molar-refractivity contribution in [2.75, 3.05) is 5.32 Å². The number of carboxylic acid groups (broad SMARTS) is 1. The number of aromatic carboxylic acids is 1. The zero-order chi connectivity index (χ0) is 14.0. The summed E-state index contributed by atoms with van der Waals surface area (Å²) >= 11 is 0. The summed E-state index contributed by atoms with van der Waals surface area (Å²) in [6.45, 7) is 0. The third kappa shape index (κ3) is 2.65. The Morgan fingerprint density at radius 1 is 1.53 bits per heavy atom. The molecule has 9 nitrogen and oxygen atoms in total. The zero-order valence-corrected chi connectivity index (χ0v) is 9.77. The van der Waals surface area contributed by atoms with Gasteiger partial charge in [0.05, 0.1) is 16.8 Å². The minimum atomic E-state index is -1.39. The van der Waals surface area contributed by atoms with Crippen LogP contribution in [0.25, 0.3) is 0 Å². The van der Waals surface area contributed by atoms with Crippen LogP contribution in [0.1, 0.15) is 10.4 Å². The van der Waals surface area contributed by atoms with Crippen LogP contribution in [0.15, 0.2) is 24.7 Å². The summed E-state index contributed by atoms with van der Waals surface area (Å²) in [7, 11) is 1.72. The third-order valence-electron chi connectivity index (χ3n) is 2.29. The van der Waals surface area contributed by atoms with E-state index in [1.165, 1.54) is 6.20 Å². The van der Waals surface area contributed by atoms with Crippen molar-refractivity contribution in [1.82, 2.24) is 14.8 Å². The largest absolute Gasteiger partial charge is 0.477 e. The topological polar surface area (TPSA) is 123 Å². The van der Waals surface area contributed by atoms with E-state index in [2.05, 4.69) is 15.4 Å². The average Bonchev–Trinajstić information content (AvgIpc) is 2.74. The number of aromatic nitrogens is 3. The average molecular weight is 263 g/mol. The van der Waals surface area contributed by atoms with Gasteiger partial charge >= 0.3 is 11.7 Å². The summed E-state index contributed by atoms with van der Waals surface area (Å²) in [5, 5.41) is 26.3.